The maximum Gasteiger partial charge on any atom is 0.240 e. The number of carbonyl (C=O) groups is 1. The zero-order valence-electron chi connectivity index (χ0n) is 11.2. The molecule has 0 radical (unpaired) electrons. The third kappa shape index (κ3) is 3.50. The van der Waals surface area contributed by atoms with E-state index in [-0.39, 0.29) is 11.7 Å². The molecule has 0 bridgehead atoms. The molecule has 0 aromatic heterocycles. The van der Waals surface area contributed by atoms with Crippen molar-refractivity contribution < 1.29 is 9.59 Å². The van der Waals surface area contributed by atoms with Crippen LogP contribution in [0, 0.1) is 5.92 Å². The van der Waals surface area contributed by atoms with Gasteiger partial charge in [0, 0.05) is 11.5 Å². The van der Waals surface area contributed by atoms with Crippen LogP contribution in [-0.2, 0) is 11.2 Å². The average Bonchev–Trinajstić information content (AvgIpc) is 2.49. The van der Waals surface area contributed by atoms with E-state index >= 15 is 0 Å². The van der Waals surface area contributed by atoms with Crippen LogP contribution in [0.3, 0.4) is 0 Å². The highest BCUT2D eigenvalue weighted by atomic mass is 16.1. The van der Waals surface area contributed by atoms with Crippen LogP contribution < -0.4 is 0 Å². The predicted molar refractivity (Wildman–Crippen MR) is 77.9 cm³/mol. The minimum absolute atomic E-state index is 0.0853. The minimum atomic E-state index is -0.0853. The number of Topliss-reactive ketones (excluding diaryl/α,β-unsaturated/α-hetero) is 1. The van der Waals surface area contributed by atoms with Gasteiger partial charge in [0.1, 0.15) is 0 Å². The summed E-state index contributed by atoms with van der Waals surface area (Å²) in [6, 6.07) is 16.6. The first-order valence-electron chi connectivity index (χ1n) is 6.47. The first-order valence-corrected chi connectivity index (χ1v) is 6.47. The van der Waals surface area contributed by atoms with E-state index in [1.54, 1.807) is 12.1 Å². The van der Waals surface area contributed by atoms with E-state index in [0.29, 0.717) is 12.1 Å². The molecule has 0 spiro atoms. The molecule has 3 nitrogen and oxygen atoms in total. The first kappa shape index (κ1) is 13.9. The number of nitrogens with zero attached hydrogens (tertiary/aromatic N) is 1. The van der Waals surface area contributed by atoms with E-state index in [9.17, 15) is 9.59 Å². The Morgan fingerprint density at radius 3 is 2.35 bits per heavy atom. The van der Waals surface area contributed by atoms with Crippen molar-refractivity contribution in [2.45, 2.75) is 13.3 Å². The highest BCUT2D eigenvalue weighted by Gasteiger charge is 2.15. The molecule has 0 aliphatic heterocycles. The molecule has 20 heavy (non-hydrogen) atoms. The summed E-state index contributed by atoms with van der Waals surface area (Å²) in [6.07, 6.45) is 2.17. The van der Waals surface area contributed by atoms with Gasteiger partial charge in [-0.15, -0.1) is 0 Å². The molecule has 0 aliphatic rings. The van der Waals surface area contributed by atoms with Gasteiger partial charge in [0.15, 0.2) is 5.78 Å². The van der Waals surface area contributed by atoms with Gasteiger partial charge in [0.2, 0.25) is 6.08 Å². The van der Waals surface area contributed by atoms with E-state index in [2.05, 4.69) is 4.99 Å². The van der Waals surface area contributed by atoms with E-state index in [1.165, 1.54) is 6.08 Å². The third-order valence-corrected chi connectivity index (χ3v) is 3.16. The van der Waals surface area contributed by atoms with Crippen LogP contribution in [-0.4, -0.2) is 11.9 Å². The molecule has 0 N–H and O–H groups in total. The Morgan fingerprint density at radius 1 is 1.10 bits per heavy atom. The molecule has 0 amide bonds. The lowest BCUT2D eigenvalue weighted by atomic mass is 9.93. The summed E-state index contributed by atoms with van der Waals surface area (Å²) in [5.74, 6) is 0.0541. The van der Waals surface area contributed by atoms with Crippen molar-refractivity contribution in [1.82, 2.24) is 0 Å². The van der Waals surface area contributed by atoms with Gasteiger partial charge >= 0.3 is 0 Å². The van der Waals surface area contributed by atoms with Gasteiger partial charge in [0.25, 0.3) is 0 Å². The van der Waals surface area contributed by atoms with Crippen LogP contribution in [0.2, 0.25) is 0 Å². The number of hydrogen-bond acceptors (Lipinski definition) is 3. The number of hydrogen-bond donors (Lipinski definition) is 0. The molecule has 100 valence electrons. The van der Waals surface area contributed by atoms with Crippen molar-refractivity contribution in [3.8, 4) is 0 Å². The lowest BCUT2D eigenvalue weighted by Crippen LogP contribution is -2.13. The summed E-state index contributed by atoms with van der Waals surface area (Å²) in [4.78, 5) is 25.9. The van der Waals surface area contributed by atoms with Crippen LogP contribution >= 0.6 is 0 Å². The summed E-state index contributed by atoms with van der Waals surface area (Å²) in [5, 5.41) is 0. The van der Waals surface area contributed by atoms with Gasteiger partial charge in [-0.3, -0.25) is 4.79 Å². The van der Waals surface area contributed by atoms with Crippen LogP contribution in [0.4, 0.5) is 5.69 Å². The molecule has 2 rings (SSSR count). The molecule has 0 saturated heterocycles. The molecular formula is C17H15NO2. The second kappa shape index (κ2) is 6.60. The Bertz CT molecular complexity index is 626. The molecule has 2 aromatic rings. The summed E-state index contributed by atoms with van der Waals surface area (Å²) in [7, 11) is 0. The molecule has 0 aliphatic carbocycles. The predicted octanol–water partition coefficient (Wildman–Crippen LogP) is 3.72. The number of benzene rings is 2. The number of isocyanates is 1. The fraction of sp³-hybridized carbons (Fsp3) is 0.176. The monoisotopic (exact) mass is 265 g/mol. The Kier molecular flexibility index (Phi) is 4.59. The van der Waals surface area contributed by atoms with Gasteiger partial charge in [-0.25, -0.2) is 4.79 Å². The van der Waals surface area contributed by atoms with Crippen LogP contribution in [0.15, 0.2) is 59.6 Å². The smallest absolute Gasteiger partial charge is 0.240 e. The Labute approximate surface area is 118 Å². The van der Waals surface area contributed by atoms with E-state index in [4.69, 9.17) is 0 Å². The zero-order chi connectivity index (χ0) is 14.4. The Hall–Kier alpha value is -2.51. The fourth-order valence-corrected chi connectivity index (χ4v) is 2.09. The van der Waals surface area contributed by atoms with Gasteiger partial charge in [-0.1, -0.05) is 49.4 Å². The first-order chi connectivity index (χ1) is 9.70. The molecule has 0 fully saturated rings. The largest absolute Gasteiger partial charge is 0.294 e. The maximum atomic E-state index is 12.2. The van der Waals surface area contributed by atoms with Crippen molar-refractivity contribution >= 4 is 17.6 Å². The summed E-state index contributed by atoms with van der Waals surface area (Å²) in [6.45, 7) is 1.92. The lowest BCUT2D eigenvalue weighted by Gasteiger charge is -2.10. The molecule has 0 saturated carbocycles. The Balaban J connectivity index is 2.06. The van der Waals surface area contributed by atoms with Crippen LogP contribution in [0.25, 0.3) is 0 Å². The van der Waals surface area contributed by atoms with Crippen molar-refractivity contribution in [3.63, 3.8) is 0 Å². The van der Waals surface area contributed by atoms with Gasteiger partial charge in [0.05, 0.1) is 5.69 Å². The zero-order valence-corrected chi connectivity index (χ0v) is 11.2. The van der Waals surface area contributed by atoms with Gasteiger partial charge in [-0.05, 0) is 24.1 Å². The average molecular weight is 265 g/mol. The number of rotatable bonds is 5. The van der Waals surface area contributed by atoms with E-state index < -0.39 is 0 Å². The fourth-order valence-electron chi connectivity index (χ4n) is 2.09. The molecule has 2 aromatic carbocycles. The standard InChI is InChI=1S/C17H15NO2/c1-13(17(20)15-5-3-2-4-6-15)11-14-7-9-16(10-8-14)18-12-19/h2-10,13H,11H2,1H3. The van der Waals surface area contributed by atoms with Gasteiger partial charge < -0.3 is 0 Å². The van der Waals surface area contributed by atoms with Crippen molar-refractivity contribution in [2.24, 2.45) is 10.9 Å². The van der Waals surface area contributed by atoms with Crippen molar-refractivity contribution in [2.75, 3.05) is 0 Å². The molecule has 0 heterocycles. The van der Waals surface area contributed by atoms with Crippen molar-refractivity contribution in [3.05, 3.63) is 65.7 Å². The van der Waals surface area contributed by atoms with E-state index in [0.717, 1.165) is 11.1 Å². The molecule has 3 heteroatoms. The van der Waals surface area contributed by atoms with Crippen LogP contribution in [0.5, 0.6) is 0 Å². The summed E-state index contributed by atoms with van der Waals surface area (Å²) in [5.41, 5.74) is 2.36. The third-order valence-electron chi connectivity index (χ3n) is 3.16. The quantitative estimate of drug-likeness (QED) is 0.470. The lowest BCUT2D eigenvalue weighted by molar-refractivity contribution is 0.0929. The minimum Gasteiger partial charge on any atom is -0.294 e. The summed E-state index contributed by atoms with van der Waals surface area (Å²) < 4.78 is 0. The number of carbonyl (C=O) groups excluding carboxylic acids is 2. The van der Waals surface area contributed by atoms with Crippen LogP contribution in [0.1, 0.15) is 22.8 Å². The molecular weight excluding hydrogens is 250 g/mol. The second-order valence-corrected chi connectivity index (χ2v) is 4.70. The second-order valence-electron chi connectivity index (χ2n) is 4.70. The Morgan fingerprint density at radius 2 is 1.75 bits per heavy atom. The van der Waals surface area contributed by atoms with Gasteiger partial charge in [-0.2, -0.15) is 4.99 Å². The maximum absolute atomic E-state index is 12.2. The SMILES string of the molecule is CC(Cc1ccc(N=C=O)cc1)C(=O)c1ccccc1. The highest BCUT2D eigenvalue weighted by molar-refractivity contribution is 5.97. The molecule has 1 atom stereocenters. The van der Waals surface area contributed by atoms with Crippen molar-refractivity contribution in [1.29, 1.82) is 0 Å². The highest BCUT2D eigenvalue weighted by Crippen LogP contribution is 2.17. The molecule has 1 unspecified atom stereocenters. The summed E-state index contributed by atoms with van der Waals surface area (Å²) >= 11 is 0. The number of ketones is 1. The topological polar surface area (TPSA) is 46.5 Å². The normalized spacial score (nSPS) is 11.4. The van der Waals surface area contributed by atoms with E-state index in [1.807, 2.05) is 49.4 Å². The number of aliphatic imine (C=N–C) groups is 1.